The minimum Gasteiger partial charge on any atom is -0.228 e. The summed E-state index contributed by atoms with van der Waals surface area (Å²) in [4.78, 5) is 10.5. The maximum Gasteiger partial charge on any atom is 0.160 e. The molecular weight excluding hydrogens is 757 g/mol. The van der Waals surface area contributed by atoms with E-state index in [2.05, 4.69) is 213 Å². The first-order valence-corrected chi connectivity index (χ1v) is 21.7. The highest BCUT2D eigenvalue weighted by Crippen LogP contribution is 2.55. The van der Waals surface area contributed by atoms with Crippen LogP contribution < -0.4 is 0 Å². The molecule has 0 spiro atoms. The van der Waals surface area contributed by atoms with Gasteiger partial charge in [-0.1, -0.05) is 176 Å². The van der Waals surface area contributed by atoms with E-state index in [-0.39, 0.29) is 5.41 Å². The van der Waals surface area contributed by atoms with Gasteiger partial charge in [0.05, 0.1) is 11.4 Å². The molecule has 0 saturated carbocycles. The van der Waals surface area contributed by atoms with Gasteiger partial charge in [-0.3, -0.25) is 0 Å². The fraction of sp³-hybridized carbons (Fsp3) is 0.0345. The topological polar surface area (TPSA) is 25.8 Å². The van der Waals surface area contributed by atoms with Crippen molar-refractivity contribution in [3.63, 3.8) is 0 Å². The molecule has 1 unspecified atom stereocenters. The van der Waals surface area contributed by atoms with E-state index in [1.165, 1.54) is 81.0 Å². The van der Waals surface area contributed by atoms with Gasteiger partial charge in [-0.15, -0.1) is 11.3 Å². The van der Waals surface area contributed by atoms with Gasteiger partial charge in [0.2, 0.25) is 0 Å². The average molecular weight is 795 g/mol. The molecule has 1 aliphatic rings. The van der Waals surface area contributed by atoms with Crippen molar-refractivity contribution in [3.8, 4) is 67.3 Å². The fourth-order valence-corrected chi connectivity index (χ4v) is 10.7. The third-order valence-electron chi connectivity index (χ3n) is 12.8. The Labute approximate surface area is 359 Å². The van der Waals surface area contributed by atoms with Crippen molar-refractivity contribution in [3.05, 3.63) is 229 Å². The molecule has 3 heteroatoms. The third-order valence-corrected chi connectivity index (χ3v) is 13.9. The van der Waals surface area contributed by atoms with E-state index in [0.29, 0.717) is 5.82 Å². The van der Waals surface area contributed by atoms with Gasteiger partial charge >= 0.3 is 0 Å². The predicted molar refractivity (Wildman–Crippen MR) is 257 cm³/mol. The summed E-state index contributed by atoms with van der Waals surface area (Å²) in [6.07, 6.45) is 0. The molecule has 0 aliphatic heterocycles. The molecule has 61 heavy (non-hydrogen) atoms. The zero-order valence-corrected chi connectivity index (χ0v) is 34.3. The maximum atomic E-state index is 5.30. The third kappa shape index (κ3) is 5.84. The Balaban J connectivity index is 0.912. The van der Waals surface area contributed by atoms with Crippen LogP contribution in [-0.2, 0) is 5.41 Å². The molecular formula is C58H38N2S. The Morgan fingerprint density at radius 2 is 0.951 bits per heavy atom. The Morgan fingerprint density at radius 1 is 0.377 bits per heavy atom. The lowest BCUT2D eigenvalue weighted by Crippen LogP contribution is -2.22. The highest BCUT2D eigenvalue weighted by atomic mass is 32.1. The largest absolute Gasteiger partial charge is 0.228 e. The van der Waals surface area contributed by atoms with E-state index in [9.17, 15) is 0 Å². The summed E-state index contributed by atoms with van der Waals surface area (Å²) >= 11 is 1.86. The first kappa shape index (κ1) is 35.5. The minimum absolute atomic E-state index is 0.295. The van der Waals surface area contributed by atoms with Crippen molar-refractivity contribution in [1.82, 2.24) is 9.97 Å². The second kappa shape index (κ2) is 14.1. The Kier molecular flexibility index (Phi) is 8.19. The Bertz CT molecular complexity index is 3480. The fourth-order valence-electron chi connectivity index (χ4n) is 9.63. The first-order chi connectivity index (χ1) is 30.1. The van der Waals surface area contributed by atoms with Gasteiger partial charge < -0.3 is 0 Å². The molecule has 0 amide bonds. The minimum atomic E-state index is -0.295. The van der Waals surface area contributed by atoms with Gasteiger partial charge in [0.15, 0.2) is 5.82 Å². The molecule has 2 heterocycles. The number of rotatable bonds is 6. The normalized spacial score (nSPS) is 14.4. The highest BCUT2D eigenvalue weighted by molar-refractivity contribution is 7.25. The van der Waals surface area contributed by atoms with Crippen LogP contribution in [0.5, 0.6) is 0 Å². The van der Waals surface area contributed by atoms with Gasteiger partial charge in [-0.25, -0.2) is 9.97 Å². The zero-order valence-electron chi connectivity index (χ0n) is 33.5. The Hall–Kier alpha value is -7.46. The van der Waals surface area contributed by atoms with Gasteiger partial charge in [0.25, 0.3) is 0 Å². The number of hydrogen-bond donors (Lipinski definition) is 0. The smallest absolute Gasteiger partial charge is 0.160 e. The van der Waals surface area contributed by atoms with Crippen molar-refractivity contribution < 1.29 is 0 Å². The number of nitrogens with zero attached hydrogens (tertiary/aromatic N) is 2. The second-order valence-electron chi connectivity index (χ2n) is 16.3. The van der Waals surface area contributed by atoms with Gasteiger partial charge in [0, 0.05) is 42.3 Å². The van der Waals surface area contributed by atoms with Crippen LogP contribution in [0.1, 0.15) is 23.6 Å². The van der Waals surface area contributed by atoms with Gasteiger partial charge in [-0.2, -0.15) is 0 Å². The molecule has 12 rings (SSSR count). The lowest BCUT2D eigenvalue weighted by Gasteiger charge is -2.28. The highest BCUT2D eigenvalue weighted by Gasteiger charge is 2.41. The monoisotopic (exact) mass is 794 g/mol. The summed E-state index contributed by atoms with van der Waals surface area (Å²) in [7, 11) is 0. The lowest BCUT2D eigenvalue weighted by molar-refractivity contribution is 0.714. The van der Waals surface area contributed by atoms with Crippen LogP contribution in [0, 0.1) is 0 Å². The van der Waals surface area contributed by atoms with E-state index in [0.717, 1.165) is 28.1 Å². The summed E-state index contributed by atoms with van der Waals surface area (Å²) in [5.74, 6) is 0.712. The molecule has 2 aromatic heterocycles. The van der Waals surface area contributed by atoms with Gasteiger partial charge in [0.1, 0.15) is 0 Å². The molecule has 0 N–H and O–H groups in total. The molecule has 0 radical (unpaired) electrons. The second-order valence-corrected chi connectivity index (χ2v) is 17.3. The van der Waals surface area contributed by atoms with Crippen LogP contribution in [0.25, 0.3) is 98.2 Å². The van der Waals surface area contributed by atoms with E-state index in [4.69, 9.17) is 9.97 Å². The summed E-state index contributed by atoms with van der Waals surface area (Å²) < 4.78 is 2.66. The molecule has 11 aromatic rings. The van der Waals surface area contributed by atoms with E-state index >= 15 is 0 Å². The SMILES string of the molecule is CC1(c2ccccc2)c2ccccc2-c2c(-c3cc(-c4ccc(-c5ccc6cc(-c7ccc8sc9ccccc9c8c7)ccc6c5)cc4)nc(-c4ccccc4)n3)cccc21. The lowest BCUT2D eigenvalue weighted by atomic mass is 9.74. The summed E-state index contributed by atoms with van der Waals surface area (Å²) in [6.45, 7) is 2.36. The van der Waals surface area contributed by atoms with Crippen LogP contribution in [0.15, 0.2) is 212 Å². The molecule has 1 aliphatic carbocycles. The molecule has 0 saturated heterocycles. The summed E-state index contributed by atoms with van der Waals surface area (Å²) in [6, 6.07) is 77.0. The van der Waals surface area contributed by atoms with Crippen LogP contribution >= 0.6 is 11.3 Å². The van der Waals surface area contributed by atoms with E-state index in [1.54, 1.807) is 0 Å². The molecule has 0 bridgehead atoms. The van der Waals surface area contributed by atoms with E-state index < -0.39 is 0 Å². The number of hydrogen-bond acceptors (Lipinski definition) is 3. The molecule has 0 fully saturated rings. The molecule has 1 atom stereocenters. The van der Waals surface area contributed by atoms with Crippen molar-refractivity contribution in [2.24, 2.45) is 0 Å². The molecule has 286 valence electrons. The van der Waals surface area contributed by atoms with Crippen LogP contribution in [0.4, 0.5) is 0 Å². The van der Waals surface area contributed by atoms with Gasteiger partial charge in [-0.05, 0) is 104 Å². The standard InChI is InChI=1S/C58H38N2S/c1-58(45-15-6-3-7-16-45)50-20-10-8-18-47(50)56-48(19-12-21-51(56)58)53-36-52(59-57(60-53)39-13-4-2-5-14-39)38-25-23-37(24-26-38)40-27-28-42-34-43(30-29-41(42)33-40)44-31-32-55-49(35-44)46-17-9-11-22-54(46)61-55/h2-36H,1H3. The zero-order chi connectivity index (χ0) is 40.5. The van der Waals surface area contributed by atoms with Crippen molar-refractivity contribution in [2.45, 2.75) is 12.3 Å². The number of aromatic nitrogens is 2. The van der Waals surface area contributed by atoms with Crippen molar-refractivity contribution >= 4 is 42.3 Å². The Morgan fingerprint density at radius 3 is 1.75 bits per heavy atom. The van der Waals surface area contributed by atoms with Crippen LogP contribution in [0.2, 0.25) is 0 Å². The van der Waals surface area contributed by atoms with Crippen molar-refractivity contribution in [2.75, 3.05) is 0 Å². The quantitative estimate of drug-likeness (QED) is 0.168. The van der Waals surface area contributed by atoms with Crippen LogP contribution in [0.3, 0.4) is 0 Å². The van der Waals surface area contributed by atoms with Crippen molar-refractivity contribution in [1.29, 1.82) is 0 Å². The number of benzene rings is 9. The summed E-state index contributed by atoms with van der Waals surface area (Å²) in [5, 5.41) is 5.11. The number of fused-ring (bicyclic) bond motifs is 7. The maximum absolute atomic E-state index is 5.30. The van der Waals surface area contributed by atoms with E-state index in [1.807, 2.05) is 17.4 Å². The summed E-state index contributed by atoms with van der Waals surface area (Å²) in [5.41, 5.74) is 15.9. The number of thiophene rings is 1. The predicted octanol–water partition coefficient (Wildman–Crippen LogP) is 15.7. The molecule has 2 nitrogen and oxygen atoms in total. The first-order valence-electron chi connectivity index (χ1n) is 20.9. The average Bonchev–Trinajstić information content (AvgIpc) is 3.84. The molecule has 9 aromatic carbocycles. The van der Waals surface area contributed by atoms with Crippen LogP contribution in [-0.4, -0.2) is 9.97 Å².